The highest BCUT2D eigenvalue weighted by molar-refractivity contribution is 5.83. The highest BCUT2D eigenvalue weighted by Crippen LogP contribution is 2.20. The van der Waals surface area contributed by atoms with Crippen molar-refractivity contribution in [3.8, 4) is 5.75 Å². The summed E-state index contributed by atoms with van der Waals surface area (Å²) in [6, 6.07) is 15.4. The van der Waals surface area contributed by atoms with E-state index in [9.17, 15) is 5.11 Å². The normalized spacial score (nSPS) is 10.7. The van der Waals surface area contributed by atoms with E-state index < -0.39 is 0 Å². The Morgan fingerprint density at radius 3 is 2.83 bits per heavy atom. The zero-order valence-corrected chi connectivity index (χ0v) is 9.85. The number of hydrogen-bond acceptors (Lipinski definition) is 2. The second kappa shape index (κ2) is 4.45. The van der Waals surface area contributed by atoms with Crippen molar-refractivity contribution in [3.05, 3.63) is 60.3 Å². The number of hydrogen-bond donors (Lipinski definition) is 3. The van der Waals surface area contributed by atoms with Gasteiger partial charge in [0.05, 0.1) is 0 Å². The third-order valence-electron chi connectivity index (χ3n) is 3.00. The zero-order valence-electron chi connectivity index (χ0n) is 9.85. The van der Waals surface area contributed by atoms with Crippen LogP contribution < -0.4 is 5.32 Å². The van der Waals surface area contributed by atoms with E-state index in [1.54, 1.807) is 12.1 Å². The molecule has 0 bridgehead atoms. The molecule has 3 nitrogen and oxygen atoms in total. The first-order chi connectivity index (χ1) is 8.83. The Bertz CT molecular complexity index is 673. The minimum absolute atomic E-state index is 0.277. The first kappa shape index (κ1) is 10.7. The molecule has 1 aromatic heterocycles. The Balaban J connectivity index is 1.81. The number of phenols is 1. The van der Waals surface area contributed by atoms with Crippen LogP contribution in [-0.2, 0) is 6.54 Å². The fourth-order valence-corrected chi connectivity index (χ4v) is 2.09. The number of rotatable bonds is 3. The Kier molecular flexibility index (Phi) is 2.65. The fraction of sp³-hybridized carbons (Fsp3) is 0.0667. The monoisotopic (exact) mass is 238 g/mol. The molecule has 0 fully saturated rings. The molecule has 0 aliphatic heterocycles. The molecule has 3 aromatic rings. The summed E-state index contributed by atoms with van der Waals surface area (Å²) in [5.41, 5.74) is 3.28. The molecule has 18 heavy (non-hydrogen) atoms. The van der Waals surface area contributed by atoms with Crippen LogP contribution in [0, 0.1) is 0 Å². The lowest BCUT2D eigenvalue weighted by Gasteiger charge is -2.05. The maximum atomic E-state index is 9.40. The Morgan fingerprint density at radius 1 is 1.06 bits per heavy atom. The van der Waals surface area contributed by atoms with Gasteiger partial charge in [-0.2, -0.15) is 0 Å². The molecule has 0 unspecified atom stereocenters. The van der Waals surface area contributed by atoms with Crippen molar-refractivity contribution in [2.24, 2.45) is 0 Å². The SMILES string of the molecule is Oc1cccc(NCc2c[nH]c3ccccc23)c1. The van der Waals surface area contributed by atoms with E-state index >= 15 is 0 Å². The molecule has 90 valence electrons. The number of anilines is 1. The van der Waals surface area contributed by atoms with Crippen molar-refractivity contribution in [1.82, 2.24) is 4.98 Å². The Hall–Kier alpha value is -2.42. The number of aromatic nitrogens is 1. The molecule has 0 atom stereocenters. The lowest BCUT2D eigenvalue weighted by Crippen LogP contribution is -1.98. The van der Waals surface area contributed by atoms with E-state index in [-0.39, 0.29) is 5.75 Å². The van der Waals surface area contributed by atoms with Crippen molar-refractivity contribution in [2.75, 3.05) is 5.32 Å². The van der Waals surface area contributed by atoms with Gasteiger partial charge in [0.2, 0.25) is 0 Å². The number of para-hydroxylation sites is 1. The van der Waals surface area contributed by atoms with E-state index in [0.717, 1.165) is 17.7 Å². The summed E-state index contributed by atoms with van der Waals surface area (Å²) in [4.78, 5) is 3.25. The van der Waals surface area contributed by atoms with Crippen LogP contribution in [0.4, 0.5) is 5.69 Å². The molecule has 0 spiro atoms. The van der Waals surface area contributed by atoms with Crippen LogP contribution in [0.3, 0.4) is 0 Å². The number of aromatic hydroxyl groups is 1. The van der Waals surface area contributed by atoms with Gasteiger partial charge in [-0.1, -0.05) is 24.3 Å². The summed E-state index contributed by atoms with van der Waals surface area (Å²) < 4.78 is 0. The van der Waals surface area contributed by atoms with Crippen molar-refractivity contribution in [1.29, 1.82) is 0 Å². The van der Waals surface area contributed by atoms with Crippen LogP contribution in [0.25, 0.3) is 10.9 Å². The van der Waals surface area contributed by atoms with Gasteiger partial charge >= 0.3 is 0 Å². The maximum Gasteiger partial charge on any atom is 0.117 e. The van der Waals surface area contributed by atoms with Gasteiger partial charge in [0.25, 0.3) is 0 Å². The van der Waals surface area contributed by atoms with Gasteiger partial charge in [0.1, 0.15) is 5.75 Å². The molecule has 2 aromatic carbocycles. The number of aromatic amines is 1. The quantitative estimate of drug-likeness (QED) is 0.654. The fourth-order valence-electron chi connectivity index (χ4n) is 2.09. The molecule has 1 heterocycles. The summed E-state index contributed by atoms with van der Waals surface area (Å²) in [7, 11) is 0. The van der Waals surface area contributed by atoms with Crippen molar-refractivity contribution < 1.29 is 5.11 Å². The molecule has 0 radical (unpaired) electrons. The van der Waals surface area contributed by atoms with Crippen molar-refractivity contribution >= 4 is 16.6 Å². The summed E-state index contributed by atoms with van der Waals surface area (Å²) in [6.07, 6.45) is 2.01. The van der Waals surface area contributed by atoms with Crippen molar-refractivity contribution in [3.63, 3.8) is 0 Å². The molecular weight excluding hydrogens is 224 g/mol. The highest BCUT2D eigenvalue weighted by atomic mass is 16.3. The zero-order chi connectivity index (χ0) is 12.4. The van der Waals surface area contributed by atoms with Crippen LogP contribution in [0.1, 0.15) is 5.56 Å². The Labute approximate surface area is 105 Å². The molecule has 0 aliphatic carbocycles. The molecule has 0 amide bonds. The van der Waals surface area contributed by atoms with Gasteiger partial charge in [0.15, 0.2) is 0 Å². The van der Waals surface area contributed by atoms with Gasteiger partial charge in [0, 0.05) is 35.4 Å². The van der Waals surface area contributed by atoms with Gasteiger partial charge in [-0.25, -0.2) is 0 Å². The largest absolute Gasteiger partial charge is 0.508 e. The number of phenolic OH excluding ortho intramolecular Hbond substituents is 1. The molecule has 0 aliphatic rings. The van der Waals surface area contributed by atoms with Crippen LogP contribution >= 0.6 is 0 Å². The second-order valence-corrected chi connectivity index (χ2v) is 4.26. The predicted molar refractivity (Wildman–Crippen MR) is 73.7 cm³/mol. The minimum atomic E-state index is 0.277. The average molecular weight is 238 g/mol. The molecule has 3 rings (SSSR count). The summed E-state index contributed by atoms with van der Waals surface area (Å²) in [6.45, 7) is 0.730. The van der Waals surface area contributed by atoms with Crippen LogP contribution in [-0.4, -0.2) is 10.1 Å². The van der Waals surface area contributed by atoms with Gasteiger partial charge in [-0.15, -0.1) is 0 Å². The standard InChI is InChI=1S/C15H14N2O/c18-13-5-3-4-12(8-13)16-9-11-10-17-15-7-2-1-6-14(11)15/h1-8,10,16-18H,9H2. The number of fused-ring (bicyclic) bond motifs is 1. The first-order valence-corrected chi connectivity index (χ1v) is 5.91. The number of nitrogens with one attached hydrogen (secondary N) is 2. The molecule has 3 N–H and O–H groups in total. The third kappa shape index (κ3) is 2.02. The molecule has 3 heteroatoms. The molecular formula is C15H14N2O. The topological polar surface area (TPSA) is 48.0 Å². The lowest BCUT2D eigenvalue weighted by atomic mass is 10.2. The third-order valence-corrected chi connectivity index (χ3v) is 3.00. The van der Waals surface area contributed by atoms with E-state index in [0.29, 0.717) is 0 Å². The summed E-state index contributed by atoms with van der Waals surface area (Å²) >= 11 is 0. The lowest BCUT2D eigenvalue weighted by molar-refractivity contribution is 0.475. The van der Waals surface area contributed by atoms with E-state index in [2.05, 4.69) is 22.4 Å². The summed E-state index contributed by atoms with van der Waals surface area (Å²) in [5, 5.41) is 13.9. The number of H-pyrrole nitrogens is 1. The smallest absolute Gasteiger partial charge is 0.117 e. The van der Waals surface area contributed by atoms with E-state index in [1.165, 1.54) is 10.9 Å². The molecule has 0 saturated heterocycles. The van der Waals surface area contributed by atoms with E-state index in [1.807, 2.05) is 30.5 Å². The summed E-state index contributed by atoms with van der Waals surface area (Å²) in [5.74, 6) is 0.277. The second-order valence-electron chi connectivity index (χ2n) is 4.26. The Morgan fingerprint density at radius 2 is 1.94 bits per heavy atom. The van der Waals surface area contributed by atoms with Gasteiger partial charge < -0.3 is 15.4 Å². The first-order valence-electron chi connectivity index (χ1n) is 5.91. The average Bonchev–Trinajstić information content (AvgIpc) is 2.80. The minimum Gasteiger partial charge on any atom is -0.508 e. The van der Waals surface area contributed by atoms with Gasteiger partial charge in [-0.3, -0.25) is 0 Å². The highest BCUT2D eigenvalue weighted by Gasteiger charge is 2.02. The van der Waals surface area contributed by atoms with Crippen LogP contribution in [0.15, 0.2) is 54.7 Å². The van der Waals surface area contributed by atoms with Gasteiger partial charge in [-0.05, 0) is 23.8 Å². The number of benzene rings is 2. The van der Waals surface area contributed by atoms with Crippen molar-refractivity contribution in [2.45, 2.75) is 6.54 Å². The molecule has 0 saturated carbocycles. The van der Waals surface area contributed by atoms with E-state index in [4.69, 9.17) is 0 Å². The maximum absolute atomic E-state index is 9.40. The van der Waals surface area contributed by atoms with Crippen LogP contribution in [0.5, 0.6) is 5.75 Å². The van der Waals surface area contributed by atoms with Crippen LogP contribution in [0.2, 0.25) is 0 Å². The predicted octanol–water partition coefficient (Wildman–Crippen LogP) is 3.49.